The van der Waals surface area contributed by atoms with E-state index in [9.17, 15) is 14.4 Å². The number of amides is 2. The summed E-state index contributed by atoms with van der Waals surface area (Å²) in [7, 11) is 0. The van der Waals surface area contributed by atoms with Gasteiger partial charge in [-0.3, -0.25) is 9.59 Å². The van der Waals surface area contributed by atoms with E-state index in [1.54, 1.807) is 12.1 Å². The number of hydroxylamine groups is 2. The number of likely N-dealkylation sites (tertiary alicyclic amines) is 1. The molecule has 2 aliphatic heterocycles. The maximum absolute atomic E-state index is 12.2. The highest BCUT2D eigenvalue weighted by Crippen LogP contribution is 2.24. The van der Waals surface area contributed by atoms with Gasteiger partial charge in [0, 0.05) is 13.1 Å². The van der Waals surface area contributed by atoms with Crippen LogP contribution >= 0.6 is 24.0 Å². The van der Waals surface area contributed by atoms with E-state index < -0.39 is 17.8 Å². The van der Waals surface area contributed by atoms with E-state index in [4.69, 9.17) is 17.1 Å². The summed E-state index contributed by atoms with van der Waals surface area (Å²) in [6.07, 6.45) is 2.27. The van der Waals surface area contributed by atoms with Crippen LogP contribution in [-0.4, -0.2) is 50.9 Å². The first-order chi connectivity index (χ1) is 12.0. The Labute approximate surface area is 155 Å². The van der Waals surface area contributed by atoms with E-state index >= 15 is 0 Å². The molecule has 0 bridgehead atoms. The Morgan fingerprint density at radius 3 is 2.52 bits per heavy atom. The largest absolute Gasteiger partial charge is 0.357 e. The molecule has 8 heteroatoms. The lowest BCUT2D eigenvalue weighted by molar-refractivity contribution is -0.164. The highest BCUT2D eigenvalue weighted by Gasteiger charge is 2.38. The van der Waals surface area contributed by atoms with Crippen LogP contribution in [0.15, 0.2) is 24.3 Å². The lowest BCUT2D eigenvalue weighted by Gasteiger charge is -2.32. The minimum Gasteiger partial charge on any atom is -0.357 e. The van der Waals surface area contributed by atoms with E-state index in [-0.39, 0.29) is 16.9 Å². The molecule has 1 fully saturated rings. The molecule has 0 N–H and O–H groups in total. The first kappa shape index (κ1) is 17.9. The molecule has 25 heavy (non-hydrogen) atoms. The molecule has 0 radical (unpaired) electrons. The second kappa shape index (κ2) is 7.53. The second-order valence-corrected chi connectivity index (χ2v) is 7.77. The summed E-state index contributed by atoms with van der Waals surface area (Å²) in [5, 5.41) is 0.527. The Kier molecular flexibility index (Phi) is 5.39. The molecule has 132 valence electrons. The van der Waals surface area contributed by atoms with Crippen molar-refractivity contribution in [2.24, 2.45) is 5.92 Å². The highest BCUT2D eigenvalue weighted by molar-refractivity contribution is 8.23. The number of piperidine rings is 1. The number of nitrogens with zero attached hydrogens (tertiary/aromatic N) is 2. The maximum Gasteiger partial charge on any atom is 0.343 e. The van der Waals surface area contributed by atoms with Crippen LogP contribution in [0.4, 0.5) is 0 Å². The fraction of sp³-hybridized carbons (Fsp3) is 0.412. The quantitative estimate of drug-likeness (QED) is 0.591. The van der Waals surface area contributed by atoms with Gasteiger partial charge in [0.1, 0.15) is 10.1 Å². The SMILES string of the molecule is CC1CCCN(C(=S)SCC(=O)ON2C(=O)c3ccccc3C2=O)C1. The van der Waals surface area contributed by atoms with Gasteiger partial charge in [-0.05, 0) is 30.9 Å². The minimum absolute atomic E-state index is 0.0445. The van der Waals surface area contributed by atoms with Crippen LogP contribution in [0.25, 0.3) is 0 Å². The van der Waals surface area contributed by atoms with Crippen molar-refractivity contribution in [1.82, 2.24) is 9.96 Å². The predicted octanol–water partition coefficient (Wildman–Crippen LogP) is 2.49. The summed E-state index contributed by atoms with van der Waals surface area (Å²) in [4.78, 5) is 43.4. The van der Waals surface area contributed by atoms with Gasteiger partial charge in [-0.2, -0.15) is 0 Å². The zero-order valence-corrected chi connectivity index (χ0v) is 15.4. The van der Waals surface area contributed by atoms with Gasteiger partial charge in [0.05, 0.1) is 11.1 Å². The number of thioether (sulfide) groups is 1. The van der Waals surface area contributed by atoms with Crippen molar-refractivity contribution in [2.75, 3.05) is 18.8 Å². The molecule has 0 saturated carbocycles. The first-order valence-electron chi connectivity index (χ1n) is 8.07. The van der Waals surface area contributed by atoms with E-state index in [0.29, 0.717) is 15.3 Å². The van der Waals surface area contributed by atoms with Crippen LogP contribution in [0.3, 0.4) is 0 Å². The molecule has 0 aliphatic carbocycles. The van der Waals surface area contributed by atoms with Crippen molar-refractivity contribution >= 4 is 46.1 Å². The lowest BCUT2D eigenvalue weighted by atomic mass is 10.0. The third kappa shape index (κ3) is 3.85. The number of imide groups is 1. The molecule has 6 nitrogen and oxygen atoms in total. The lowest BCUT2D eigenvalue weighted by Crippen LogP contribution is -2.37. The van der Waals surface area contributed by atoms with Gasteiger partial charge in [-0.1, -0.05) is 48.1 Å². The van der Waals surface area contributed by atoms with Gasteiger partial charge in [-0.15, -0.1) is 0 Å². The fourth-order valence-electron chi connectivity index (χ4n) is 2.95. The zero-order valence-electron chi connectivity index (χ0n) is 13.8. The van der Waals surface area contributed by atoms with Crippen molar-refractivity contribution in [3.05, 3.63) is 35.4 Å². The van der Waals surface area contributed by atoms with Gasteiger partial charge in [0.15, 0.2) is 0 Å². The Morgan fingerprint density at radius 2 is 1.92 bits per heavy atom. The third-order valence-corrected chi connectivity index (χ3v) is 5.68. The topological polar surface area (TPSA) is 66.9 Å². The van der Waals surface area contributed by atoms with E-state index in [0.717, 1.165) is 19.5 Å². The van der Waals surface area contributed by atoms with Crippen LogP contribution in [0.2, 0.25) is 0 Å². The van der Waals surface area contributed by atoms with Gasteiger partial charge in [0.25, 0.3) is 11.8 Å². The van der Waals surface area contributed by atoms with Gasteiger partial charge < -0.3 is 9.74 Å². The molecule has 1 aromatic rings. The molecule has 0 spiro atoms. The number of hydrogen-bond donors (Lipinski definition) is 0. The van der Waals surface area contributed by atoms with Gasteiger partial charge in [-0.25, -0.2) is 4.79 Å². The number of benzene rings is 1. The summed E-state index contributed by atoms with van der Waals surface area (Å²) in [5.74, 6) is -1.38. The second-order valence-electron chi connectivity index (χ2n) is 6.16. The first-order valence-corrected chi connectivity index (χ1v) is 9.47. The summed E-state index contributed by atoms with van der Waals surface area (Å²) >= 11 is 6.56. The van der Waals surface area contributed by atoms with Gasteiger partial charge >= 0.3 is 5.97 Å². The third-order valence-electron chi connectivity index (χ3n) is 4.18. The van der Waals surface area contributed by atoms with Crippen LogP contribution < -0.4 is 0 Å². The predicted molar refractivity (Wildman–Crippen MR) is 98.1 cm³/mol. The standard InChI is InChI=1S/C17H18N2O4S2/c1-11-5-4-8-18(9-11)17(24)25-10-14(20)23-19-15(21)12-6-2-3-7-13(12)16(19)22/h2-3,6-7,11H,4-5,8-10H2,1H3. The normalized spacial score (nSPS) is 19.8. The fourth-order valence-corrected chi connectivity index (χ4v) is 3.93. The number of carbonyl (C=O) groups excluding carboxylic acids is 3. The molecule has 1 unspecified atom stereocenters. The molecular weight excluding hydrogens is 360 g/mol. The Morgan fingerprint density at radius 1 is 1.28 bits per heavy atom. The highest BCUT2D eigenvalue weighted by atomic mass is 32.2. The molecule has 3 rings (SSSR count). The summed E-state index contributed by atoms with van der Waals surface area (Å²) in [6, 6.07) is 6.38. The van der Waals surface area contributed by atoms with E-state index in [1.165, 1.54) is 30.3 Å². The summed E-state index contributed by atoms with van der Waals surface area (Å²) in [5.41, 5.74) is 0.483. The van der Waals surface area contributed by atoms with Crippen molar-refractivity contribution in [1.29, 1.82) is 0 Å². The Bertz CT molecular complexity index is 702. The minimum atomic E-state index is -0.674. The van der Waals surface area contributed by atoms with E-state index in [2.05, 4.69) is 11.8 Å². The Balaban J connectivity index is 1.53. The number of hydrogen-bond acceptors (Lipinski definition) is 6. The van der Waals surface area contributed by atoms with Crippen LogP contribution in [0.5, 0.6) is 0 Å². The molecule has 2 amide bonds. The summed E-state index contributed by atoms with van der Waals surface area (Å²) in [6.45, 7) is 3.96. The van der Waals surface area contributed by atoms with Crippen molar-refractivity contribution < 1.29 is 19.2 Å². The van der Waals surface area contributed by atoms with Crippen molar-refractivity contribution in [3.63, 3.8) is 0 Å². The van der Waals surface area contributed by atoms with E-state index in [1.807, 2.05) is 0 Å². The smallest absolute Gasteiger partial charge is 0.343 e. The molecule has 0 aromatic heterocycles. The van der Waals surface area contributed by atoms with Crippen LogP contribution in [0, 0.1) is 5.92 Å². The van der Waals surface area contributed by atoms with Gasteiger partial charge in [0.2, 0.25) is 0 Å². The number of carbonyl (C=O) groups is 3. The molecular formula is C17H18N2O4S2. The number of thiocarbonyl (C=S) groups is 1. The maximum atomic E-state index is 12.2. The van der Waals surface area contributed by atoms with Crippen molar-refractivity contribution in [3.8, 4) is 0 Å². The van der Waals surface area contributed by atoms with Crippen LogP contribution in [0.1, 0.15) is 40.5 Å². The Hall–Kier alpha value is -1.93. The number of fused-ring (bicyclic) bond motifs is 1. The average Bonchev–Trinajstić information content (AvgIpc) is 2.85. The molecule has 1 saturated heterocycles. The number of rotatable bonds is 3. The van der Waals surface area contributed by atoms with Crippen molar-refractivity contribution in [2.45, 2.75) is 19.8 Å². The zero-order chi connectivity index (χ0) is 18.0. The average molecular weight is 378 g/mol. The van der Waals surface area contributed by atoms with Crippen LogP contribution in [-0.2, 0) is 9.63 Å². The molecule has 2 aliphatic rings. The molecule has 1 aromatic carbocycles. The monoisotopic (exact) mass is 378 g/mol. The molecule has 2 heterocycles. The summed E-state index contributed by atoms with van der Waals surface area (Å²) < 4.78 is 0.644. The molecule has 1 atom stereocenters.